The van der Waals surface area contributed by atoms with Gasteiger partial charge in [-0.3, -0.25) is 0 Å². The molecular formula is C10H11F4N3O. The molecule has 1 rings (SSSR count). The van der Waals surface area contributed by atoms with Crippen LogP contribution in [0, 0.1) is 23.3 Å². The van der Waals surface area contributed by atoms with Gasteiger partial charge in [-0.05, 0) is 6.42 Å². The van der Waals surface area contributed by atoms with E-state index in [4.69, 9.17) is 10.9 Å². The maximum atomic E-state index is 13.2. The maximum absolute atomic E-state index is 13.2. The summed E-state index contributed by atoms with van der Waals surface area (Å²) in [6, 6.07) is 0.131. The standard InChI is InChI=1S/C10H11F4N3O/c11-5-4-6(12)9(14)10(8(5)13)16-3-1-2-7(15)17-18/h4,16,18H,1-3H2,(H2,15,17). The predicted molar refractivity (Wildman–Crippen MR) is 57.4 cm³/mol. The molecule has 0 heterocycles. The van der Waals surface area contributed by atoms with Gasteiger partial charge in [0.15, 0.2) is 23.3 Å². The molecule has 0 aliphatic rings. The van der Waals surface area contributed by atoms with E-state index in [0.29, 0.717) is 0 Å². The Kier molecular flexibility index (Phi) is 4.75. The first kappa shape index (κ1) is 14.1. The maximum Gasteiger partial charge on any atom is 0.185 e. The third-order valence-electron chi connectivity index (χ3n) is 2.15. The minimum atomic E-state index is -1.49. The summed E-state index contributed by atoms with van der Waals surface area (Å²) in [5, 5.41) is 13.2. The third-order valence-corrected chi connectivity index (χ3v) is 2.15. The number of hydrogen-bond donors (Lipinski definition) is 3. The van der Waals surface area contributed by atoms with Crippen molar-refractivity contribution in [3.05, 3.63) is 29.3 Å². The molecule has 0 atom stereocenters. The monoisotopic (exact) mass is 265 g/mol. The molecule has 100 valence electrons. The van der Waals surface area contributed by atoms with Crippen LogP contribution in [0.1, 0.15) is 12.8 Å². The number of amidine groups is 1. The minimum absolute atomic E-state index is 0.00690. The van der Waals surface area contributed by atoms with Crippen LogP contribution in [0.5, 0.6) is 0 Å². The van der Waals surface area contributed by atoms with Gasteiger partial charge >= 0.3 is 0 Å². The van der Waals surface area contributed by atoms with Crippen molar-refractivity contribution in [3.8, 4) is 0 Å². The third kappa shape index (κ3) is 3.25. The molecule has 0 aliphatic heterocycles. The summed E-state index contributed by atoms with van der Waals surface area (Å²) in [5.41, 5.74) is 4.30. The van der Waals surface area contributed by atoms with Gasteiger partial charge in [0.2, 0.25) is 0 Å². The first-order valence-electron chi connectivity index (χ1n) is 5.00. The number of rotatable bonds is 5. The molecule has 0 saturated carbocycles. The topological polar surface area (TPSA) is 70.6 Å². The Morgan fingerprint density at radius 3 is 2.28 bits per heavy atom. The van der Waals surface area contributed by atoms with E-state index in [9.17, 15) is 17.6 Å². The molecule has 0 saturated heterocycles. The summed E-state index contributed by atoms with van der Waals surface area (Å²) in [7, 11) is 0. The van der Waals surface area contributed by atoms with Gasteiger partial charge in [0, 0.05) is 19.0 Å². The van der Waals surface area contributed by atoms with E-state index in [-0.39, 0.29) is 31.3 Å². The zero-order valence-electron chi connectivity index (χ0n) is 9.18. The average Bonchev–Trinajstić information content (AvgIpc) is 2.35. The van der Waals surface area contributed by atoms with E-state index in [1.807, 2.05) is 0 Å². The molecule has 0 aliphatic carbocycles. The van der Waals surface area contributed by atoms with Gasteiger partial charge in [0.25, 0.3) is 0 Å². The lowest BCUT2D eigenvalue weighted by atomic mass is 10.2. The van der Waals surface area contributed by atoms with E-state index in [1.54, 1.807) is 0 Å². The Morgan fingerprint density at radius 2 is 1.78 bits per heavy atom. The molecule has 0 amide bonds. The Hall–Kier alpha value is -1.99. The zero-order chi connectivity index (χ0) is 13.7. The van der Waals surface area contributed by atoms with E-state index in [2.05, 4.69) is 10.5 Å². The quantitative estimate of drug-likeness (QED) is 0.145. The fraction of sp³-hybridized carbons (Fsp3) is 0.300. The highest BCUT2D eigenvalue weighted by Gasteiger charge is 2.18. The molecule has 0 unspecified atom stereocenters. The van der Waals surface area contributed by atoms with Gasteiger partial charge < -0.3 is 16.3 Å². The predicted octanol–water partition coefficient (Wildman–Crippen LogP) is 2.18. The lowest BCUT2D eigenvalue weighted by Crippen LogP contribution is -2.14. The largest absolute Gasteiger partial charge is 0.409 e. The van der Waals surface area contributed by atoms with Crippen LogP contribution in [-0.2, 0) is 0 Å². The van der Waals surface area contributed by atoms with Gasteiger partial charge in [0.1, 0.15) is 11.5 Å². The molecule has 0 aromatic heterocycles. The number of anilines is 1. The van der Waals surface area contributed by atoms with Crippen LogP contribution in [0.4, 0.5) is 23.2 Å². The second-order valence-electron chi connectivity index (χ2n) is 3.46. The van der Waals surface area contributed by atoms with E-state index >= 15 is 0 Å². The van der Waals surface area contributed by atoms with Crippen molar-refractivity contribution in [1.82, 2.24) is 0 Å². The lowest BCUT2D eigenvalue weighted by molar-refractivity contribution is 0.316. The highest BCUT2D eigenvalue weighted by molar-refractivity contribution is 5.79. The smallest absolute Gasteiger partial charge is 0.185 e. The van der Waals surface area contributed by atoms with Crippen LogP contribution in [0.2, 0.25) is 0 Å². The highest BCUT2D eigenvalue weighted by atomic mass is 19.2. The van der Waals surface area contributed by atoms with Gasteiger partial charge in [-0.2, -0.15) is 0 Å². The van der Waals surface area contributed by atoms with Gasteiger partial charge in [0.05, 0.1) is 0 Å². The molecule has 0 fully saturated rings. The zero-order valence-corrected chi connectivity index (χ0v) is 9.18. The van der Waals surface area contributed by atoms with Crippen LogP contribution >= 0.6 is 0 Å². The number of nitrogens with zero attached hydrogens (tertiary/aromatic N) is 1. The second kappa shape index (κ2) is 6.08. The molecule has 0 spiro atoms. The first-order valence-corrected chi connectivity index (χ1v) is 5.00. The number of hydrogen-bond acceptors (Lipinski definition) is 3. The normalized spacial score (nSPS) is 11.7. The van der Waals surface area contributed by atoms with E-state index < -0.39 is 29.0 Å². The first-order chi connectivity index (χ1) is 8.47. The Labute approximate surface area is 100 Å². The van der Waals surface area contributed by atoms with Crippen LogP contribution < -0.4 is 11.1 Å². The molecule has 1 aromatic carbocycles. The van der Waals surface area contributed by atoms with Crippen LogP contribution in [0.15, 0.2) is 11.2 Å². The summed E-state index contributed by atoms with van der Waals surface area (Å²) in [4.78, 5) is 0. The van der Waals surface area contributed by atoms with Crippen molar-refractivity contribution < 1.29 is 22.8 Å². The lowest BCUT2D eigenvalue weighted by Gasteiger charge is -2.09. The number of nitrogens with one attached hydrogen (secondary N) is 1. The molecule has 1 aromatic rings. The Bertz CT molecular complexity index is 439. The highest BCUT2D eigenvalue weighted by Crippen LogP contribution is 2.23. The van der Waals surface area contributed by atoms with Crippen molar-refractivity contribution in [2.75, 3.05) is 11.9 Å². The van der Waals surface area contributed by atoms with Crippen LogP contribution in [0.3, 0.4) is 0 Å². The molecule has 0 bridgehead atoms. The molecule has 4 nitrogen and oxygen atoms in total. The van der Waals surface area contributed by atoms with Gasteiger partial charge in [-0.25, -0.2) is 17.6 Å². The van der Waals surface area contributed by atoms with Crippen LogP contribution in [0.25, 0.3) is 0 Å². The molecule has 8 heteroatoms. The molecule has 18 heavy (non-hydrogen) atoms. The molecule has 4 N–H and O–H groups in total. The Balaban J connectivity index is 2.68. The fourth-order valence-corrected chi connectivity index (χ4v) is 1.26. The van der Waals surface area contributed by atoms with E-state index in [0.717, 1.165) is 0 Å². The van der Waals surface area contributed by atoms with Gasteiger partial charge in [-0.15, -0.1) is 0 Å². The number of halogens is 4. The number of nitrogens with two attached hydrogens (primary N) is 1. The summed E-state index contributed by atoms with van der Waals surface area (Å²) in [6.45, 7) is 0.00690. The van der Waals surface area contributed by atoms with E-state index in [1.165, 1.54) is 0 Å². The summed E-state index contributed by atoms with van der Waals surface area (Å²) >= 11 is 0. The second-order valence-corrected chi connectivity index (χ2v) is 3.46. The number of benzene rings is 1. The molecular weight excluding hydrogens is 254 g/mol. The Morgan fingerprint density at radius 1 is 1.22 bits per heavy atom. The van der Waals surface area contributed by atoms with Crippen molar-refractivity contribution in [2.24, 2.45) is 10.9 Å². The fourth-order valence-electron chi connectivity index (χ4n) is 1.26. The van der Waals surface area contributed by atoms with Crippen molar-refractivity contribution in [3.63, 3.8) is 0 Å². The van der Waals surface area contributed by atoms with Crippen molar-refractivity contribution in [1.29, 1.82) is 0 Å². The van der Waals surface area contributed by atoms with Gasteiger partial charge in [-0.1, -0.05) is 5.16 Å². The average molecular weight is 265 g/mol. The minimum Gasteiger partial charge on any atom is -0.409 e. The summed E-state index contributed by atoms with van der Waals surface area (Å²) in [6.07, 6.45) is 0.442. The van der Waals surface area contributed by atoms with Crippen molar-refractivity contribution in [2.45, 2.75) is 12.8 Å². The van der Waals surface area contributed by atoms with Crippen LogP contribution in [-0.4, -0.2) is 17.6 Å². The van der Waals surface area contributed by atoms with Crippen molar-refractivity contribution >= 4 is 11.5 Å². The molecule has 0 radical (unpaired) electrons. The summed E-state index contributed by atoms with van der Waals surface area (Å²) in [5.74, 6) is -5.99. The SMILES string of the molecule is N/C(CCCNc1c(F)c(F)cc(F)c1F)=N/O. The summed E-state index contributed by atoms with van der Waals surface area (Å²) < 4.78 is 52.0. The number of oxime groups is 1.